The second kappa shape index (κ2) is 4.13. The van der Waals surface area contributed by atoms with Crippen LogP contribution in [-0.2, 0) is 17.6 Å². The van der Waals surface area contributed by atoms with E-state index in [0.29, 0.717) is 6.42 Å². The summed E-state index contributed by atoms with van der Waals surface area (Å²) in [6, 6.07) is 4.08. The van der Waals surface area contributed by atoms with Gasteiger partial charge in [0, 0.05) is 31.8 Å². The van der Waals surface area contributed by atoms with Gasteiger partial charge in [-0.2, -0.15) is 0 Å². The lowest BCUT2D eigenvalue weighted by Gasteiger charge is -2.34. The highest BCUT2D eigenvalue weighted by Crippen LogP contribution is 2.37. The Balaban J connectivity index is 2.01. The van der Waals surface area contributed by atoms with Crippen LogP contribution in [0.15, 0.2) is 12.1 Å². The molecule has 2 aliphatic rings. The number of carboxylic acids is 1. The van der Waals surface area contributed by atoms with Crippen LogP contribution in [0.3, 0.4) is 0 Å². The molecular weight excluding hydrogens is 244 g/mol. The van der Waals surface area contributed by atoms with Gasteiger partial charge in [0.05, 0.1) is 0 Å². The number of benzene rings is 1. The Morgan fingerprint density at radius 3 is 3.00 bits per heavy atom. The third kappa shape index (κ3) is 1.94. The van der Waals surface area contributed by atoms with Crippen molar-refractivity contribution < 1.29 is 14.6 Å². The van der Waals surface area contributed by atoms with Gasteiger partial charge in [-0.1, -0.05) is 0 Å². The van der Waals surface area contributed by atoms with Crippen molar-refractivity contribution in [1.29, 1.82) is 0 Å². The molecule has 0 aliphatic carbocycles. The Kier molecular flexibility index (Phi) is 2.67. The number of ether oxygens (including phenoxy) is 1. The van der Waals surface area contributed by atoms with E-state index >= 15 is 0 Å². The van der Waals surface area contributed by atoms with Crippen LogP contribution in [0.4, 0.5) is 5.69 Å². The first kappa shape index (κ1) is 12.3. The SMILES string of the molecule is CN1CCCc2cc3c(cc21)OCC(N)(C(=O)O)C3. The van der Waals surface area contributed by atoms with E-state index in [0.717, 1.165) is 30.7 Å². The van der Waals surface area contributed by atoms with Gasteiger partial charge in [0.2, 0.25) is 0 Å². The van der Waals surface area contributed by atoms with Gasteiger partial charge in [-0.25, -0.2) is 0 Å². The molecule has 0 amide bonds. The van der Waals surface area contributed by atoms with Crippen molar-refractivity contribution in [2.45, 2.75) is 24.8 Å². The van der Waals surface area contributed by atoms with Crippen LogP contribution in [0.2, 0.25) is 0 Å². The van der Waals surface area contributed by atoms with E-state index in [1.54, 1.807) is 0 Å². The third-order valence-electron chi connectivity index (χ3n) is 4.03. The lowest BCUT2D eigenvalue weighted by Crippen LogP contribution is -2.56. The number of nitrogens with two attached hydrogens (primary N) is 1. The molecule has 1 aromatic carbocycles. The second-order valence-corrected chi connectivity index (χ2v) is 5.54. The zero-order valence-electron chi connectivity index (χ0n) is 11.0. The van der Waals surface area contributed by atoms with Crippen molar-refractivity contribution >= 4 is 11.7 Å². The summed E-state index contributed by atoms with van der Waals surface area (Å²) in [7, 11) is 2.07. The normalized spacial score (nSPS) is 25.3. The highest BCUT2D eigenvalue weighted by atomic mass is 16.5. The van der Waals surface area contributed by atoms with Gasteiger partial charge in [0.25, 0.3) is 0 Å². The number of hydrogen-bond acceptors (Lipinski definition) is 4. The van der Waals surface area contributed by atoms with Gasteiger partial charge in [-0.05, 0) is 30.0 Å². The first-order chi connectivity index (χ1) is 8.99. The van der Waals surface area contributed by atoms with E-state index < -0.39 is 11.5 Å². The summed E-state index contributed by atoms with van der Waals surface area (Å²) in [5.74, 6) is -0.234. The molecule has 0 bridgehead atoms. The number of nitrogens with zero attached hydrogens (tertiary/aromatic N) is 1. The molecule has 5 nitrogen and oxygen atoms in total. The molecule has 19 heavy (non-hydrogen) atoms. The number of carboxylic acid groups (broad SMARTS) is 1. The lowest BCUT2D eigenvalue weighted by molar-refractivity contribution is -0.145. The van der Waals surface area contributed by atoms with Gasteiger partial charge >= 0.3 is 5.97 Å². The molecule has 1 unspecified atom stereocenters. The Hall–Kier alpha value is -1.75. The molecule has 3 rings (SSSR count). The minimum Gasteiger partial charge on any atom is -0.491 e. The summed E-state index contributed by atoms with van der Waals surface area (Å²) >= 11 is 0. The number of rotatable bonds is 1. The van der Waals surface area contributed by atoms with Crippen molar-refractivity contribution in [3.05, 3.63) is 23.3 Å². The molecule has 0 spiro atoms. The molecule has 5 heteroatoms. The number of aliphatic carboxylic acids is 1. The van der Waals surface area contributed by atoms with Crippen LogP contribution in [0.25, 0.3) is 0 Å². The average molecular weight is 262 g/mol. The monoisotopic (exact) mass is 262 g/mol. The Morgan fingerprint density at radius 1 is 1.47 bits per heavy atom. The number of hydrogen-bond donors (Lipinski definition) is 2. The summed E-state index contributed by atoms with van der Waals surface area (Å²) in [5, 5.41) is 9.19. The minimum atomic E-state index is -1.30. The molecule has 0 aromatic heterocycles. The van der Waals surface area contributed by atoms with E-state index in [2.05, 4.69) is 18.0 Å². The first-order valence-corrected chi connectivity index (χ1v) is 6.52. The maximum Gasteiger partial charge on any atom is 0.327 e. The predicted molar refractivity (Wildman–Crippen MR) is 71.8 cm³/mol. The van der Waals surface area contributed by atoms with Crippen LogP contribution in [0.5, 0.6) is 5.75 Å². The van der Waals surface area contributed by atoms with E-state index in [-0.39, 0.29) is 6.61 Å². The van der Waals surface area contributed by atoms with Crippen molar-refractivity contribution in [2.75, 3.05) is 25.1 Å². The molecule has 0 fully saturated rings. The highest BCUT2D eigenvalue weighted by molar-refractivity contribution is 5.80. The van der Waals surface area contributed by atoms with Gasteiger partial charge in [-0.3, -0.25) is 4.79 Å². The minimum absolute atomic E-state index is 0.0256. The van der Waals surface area contributed by atoms with Crippen LogP contribution in [0.1, 0.15) is 17.5 Å². The Morgan fingerprint density at radius 2 is 2.26 bits per heavy atom. The fourth-order valence-electron chi connectivity index (χ4n) is 2.85. The largest absolute Gasteiger partial charge is 0.491 e. The molecule has 3 N–H and O–H groups in total. The van der Waals surface area contributed by atoms with E-state index in [1.165, 1.54) is 11.3 Å². The highest BCUT2D eigenvalue weighted by Gasteiger charge is 2.39. The second-order valence-electron chi connectivity index (χ2n) is 5.54. The molecular formula is C14H18N2O3. The molecule has 2 aliphatic heterocycles. The number of aryl methyl sites for hydroxylation is 1. The van der Waals surface area contributed by atoms with E-state index in [4.69, 9.17) is 10.5 Å². The number of anilines is 1. The Labute approximate surface area is 112 Å². The van der Waals surface area contributed by atoms with Gasteiger partial charge in [-0.15, -0.1) is 0 Å². The van der Waals surface area contributed by atoms with Crippen molar-refractivity contribution in [3.63, 3.8) is 0 Å². The summed E-state index contributed by atoms with van der Waals surface area (Å²) in [5.41, 5.74) is 7.93. The molecule has 0 saturated carbocycles. The maximum absolute atomic E-state index is 11.2. The molecule has 2 heterocycles. The summed E-state index contributed by atoms with van der Waals surface area (Å²) < 4.78 is 5.58. The number of fused-ring (bicyclic) bond motifs is 2. The fourth-order valence-corrected chi connectivity index (χ4v) is 2.85. The third-order valence-corrected chi connectivity index (χ3v) is 4.03. The zero-order valence-corrected chi connectivity index (χ0v) is 11.0. The van der Waals surface area contributed by atoms with Crippen molar-refractivity contribution in [2.24, 2.45) is 5.73 Å². The summed E-state index contributed by atoms with van der Waals surface area (Å²) in [4.78, 5) is 13.4. The molecule has 102 valence electrons. The van der Waals surface area contributed by atoms with E-state index in [1.807, 2.05) is 6.07 Å². The smallest absolute Gasteiger partial charge is 0.327 e. The number of carbonyl (C=O) groups is 1. The Bertz CT molecular complexity index is 544. The maximum atomic E-state index is 11.2. The average Bonchev–Trinajstić information content (AvgIpc) is 2.37. The molecule has 0 radical (unpaired) electrons. The van der Waals surface area contributed by atoms with Crippen molar-refractivity contribution in [1.82, 2.24) is 0 Å². The van der Waals surface area contributed by atoms with Gasteiger partial charge in [0.15, 0.2) is 5.54 Å². The fraction of sp³-hybridized carbons (Fsp3) is 0.500. The topological polar surface area (TPSA) is 75.8 Å². The van der Waals surface area contributed by atoms with Gasteiger partial charge in [0.1, 0.15) is 12.4 Å². The lowest BCUT2D eigenvalue weighted by atomic mass is 9.87. The van der Waals surface area contributed by atoms with Crippen LogP contribution >= 0.6 is 0 Å². The van der Waals surface area contributed by atoms with E-state index in [9.17, 15) is 9.90 Å². The van der Waals surface area contributed by atoms with Crippen molar-refractivity contribution in [3.8, 4) is 5.75 Å². The predicted octanol–water partition coefficient (Wildman–Crippen LogP) is 0.786. The van der Waals surface area contributed by atoms with Crippen LogP contribution in [0, 0.1) is 0 Å². The van der Waals surface area contributed by atoms with Crippen LogP contribution < -0.4 is 15.4 Å². The van der Waals surface area contributed by atoms with Crippen LogP contribution in [-0.4, -0.2) is 36.8 Å². The zero-order chi connectivity index (χ0) is 13.6. The molecule has 1 atom stereocenters. The molecule has 0 saturated heterocycles. The quantitative estimate of drug-likeness (QED) is 0.782. The summed E-state index contributed by atoms with van der Waals surface area (Å²) in [6.07, 6.45) is 2.47. The summed E-state index contributed by atoms with van der Waals surface area (Å²) in [6.45, 7) is 1.07. The van der Waals surface area contributed by atoms with Gasteiger partial charge < -0.3 is 20.5 Å². The first-order valence-electron chi connectivity index (χ1n) is 6.52. The standard InChI is InChI=1S/C14H18N2O3/c1-16-4-2-3-9-5-10-7-14(15,13(17)18)8-19-12(10)6-11(9)16/h5-6H,2-4,7-8,15H2,1H3,(H,17,18). The molecule has 1 aromatic rings.